The molecule has 1 aromatic heterocycles. The third-order valence-electron chi connectivity index (χ3n) is 3.34. The molecule has 1 atom stereocenters. The summed E-state index contributed by atoms with van der Waals surface area (Å²) in [5.74, 6) is -0.280. The Hall–Kier alpha value is -2.01. The predicted molar refractivity (Wildman–Crippen MR) is 76.2 cm³/mol. The number of hydrogen-bond acceptors (Lipinski definition) is 3. The van der Waals surface area contributed by atoms with Gasteiger partial charge in [0, 0.05) is 23.5 Å². The molecule has 1 heterocycles. The molecule has 5 heteroatoms. The molecule has 0 aliphatic heterocycles. The van der Waals surface area contributed by atoms with Gasteiger partial charge in [-0.25, -0.2) is 9.18 Å². The van der Waals surface area contributed by atoms with Gasteiger partial charge in [0.05, 0.1) is 6.04 Å². The van der Waals surface area contributed by atoms with E-state index in [2.05, 4.69) is 10.3 Å². The molecule has 0 spiro atoms. The summed E-state index contributed by atoms with van der Waals surface area (Å²) in [6.45, 7) is 3.98. The highest BCUT2D eigenvalue weighted by molar-refractivity contribution is 5.21. The highest BCUT2D eigenvalue weighted by Crippen LogP contribution is 2.18. The van der Waals surface area contributed by atoms with Gasteiger partial charge in [0.1, 0.15) is 5.82 Å². The van der Waals surface area contributed by atoms with Crippen LogP contribution in [0.4, 0.5) is 4.39 Å². The maximum atomic E-state index is 13.9. The molecule has 20 heavy (non-hydrogen) atoms. The average Bonchev–Trinajstić information content (AvgIpc) is 2.39. The first-order valence-corrected chi connectivity index (χ1v) is 6.49. The van der Waals surface area contributed by atoms with E-state index in [1.54, 1.807) is 36.7 Å². The van der Waals surface area contributed by atoms with Gasteiger partial charge in [-0.3, -0.25) is 4.57 Å². The SMILES string of the molecule is CNC(Cn1c(C)cc(C)nc1=O)c1ccccc1F. The van der Waals surface area contributed by atoms with E-state index in [1.807, 2.05) is 13.0 Å². The summed E-state index contributed by atoms with van der Waals surface area (Å²) in [4.78, 5) is 15.9. The fraction of sp³-hybridized carbons (Fsp3) is 0.333. The number of aryl methyl sites for hydroxylation is 2. The summed E-state index contributed by atoms with van der Waals surface area (Å²) in [5.41, 5.74) is 1.75. The summed E-state index contributed by atoms with van der Waals surface area (Å²) in [7, 11) is 1.75. The first-order chi connectivity index (χ1) is 9.52. The van der Waals surface area contributed by atoms with E-state index in [0.29, 0.717) is 17.8 Å². The van der Waals surface area contributed by atoms with Gasteiger partial charge in [0.25, 0.3) is 0 Å². The molecule has 4 nitrogen and oxygen atoms in total. The van der Waals surface area contributed by atoms with Crippen LogP contribution in [0.25, 0.3) is 0 Å². The zero-order valence-electron chi connectivity index (χ0n) is 11.9. The van der Waals surface area contributed by atoms with Crippen molar-refractivity contribution >= 4 is 0 Å². The number of halogens is 1. The topological polar surface area (TPSA) is 46.9 Å². The van der Waals surface area contributed by atoms with E-state index >= 15 is 0 Å². The van der Waals surface area contributed by atoms with Crippen molar-refractivity contribution in [3.8, 4) is 0 Å². The molecule has 0 amide bonds. The van der Waals surface area contributed by atoms with Crippen LogP contribution in [0.15, 0.2) is 35.1 Å². The molecule has 0 aliphatic carbocycles. The summed E-state index contributed by atoms with van der Waals surface area (Å²) in [5, 5.41) is 3.05. The smallest absolute Gasteiger partial charge is 0.311 e. The van der Waals surface area contributed by atoms with E-state index in [-0.39, 0.29) is 17.5 Å². The summed E-state index contributed by atoms with van der Waals surface area (Å²) in [6.07, 6.45) is 0. The van der Waals surface area contributed by atoms with Gasteiger partial charge in [0.2, 0.25) is 0 Å². The third-order valence-corrected chi connectivity index (χ3v) is 3.34. The number of likely N-dealkylation sites (N-methyl/N-ethyl adjacent to an activating group) is 1. The second-order valence-corrected chi connectivity index (χ2v) is 4.79. The fourth-order valence-electron chi connectivity index (χ4n) is 2.28. The Morgan fingerprint density at radius 1 is 1.35 bits per heavy atom. The molecular formula is C15H18FN3O. The molecule has 0 aliphatic rings. The van der Waals surface area contributed by atoms with Crippen LogP contribution < -0.4 is 11.0 Å². The normalized spacial score (nSPS) is 12.4. The largest absolute Gasteiger partial charge is 0.348 e. The second-order valence-electron chi connectivity index (χ2n) is 4.79. The zero-order chi connectivity index (χ0) is 14.7. The lowest BCUT2D eigenvalue weighted by molar-refractivity contribution is 0.456. The number of aromatic nitrogens is 2. The molecule has 106 valence electrons. The maximum Gasteiger partial charge on any atom is 0.348 e. The number of benzene rings is 1. The number of hydrogen-bond donors (Lipinski definition) is 1. The first-order valence-electron chi connectivity index (χ1n) is 6.49. The van der Waals surface area contributed by atoms with Crippen molar-refractivity contribution in [2.45, 2.75) is 26.4 Å². The van der Waals surface area contributed by atoms with Crippen LogP contribution in [0.5, 0.6) is 0 Å². The molecule has 1 unspecified atom stereocenters. The van der Waals surface area contributed by atoms with E-state index in [1.165, 1.54) is 6.07 Å². The van der Waals surface area contributed by atoms with E-state index in [9.17, 15) is 9.18 Å². The lowest BCUT2D eigenvalue weighted by atomic mass is 10.1. The molecule has 0 radical (unpaired) electrons. The van der Waals surface area contributed by atoms with Gasteiger partial charge in [-0.05, 0) is 33.0 Å². The second kappa shape index (κ2) is 5.96. The van der Waals surface area contributed by atoms with Crippen molar-refractivity contribution in [1.82, 2.24) is 14.9 Å². The van der Waals surface area contributed by atoms with Crippen LogP contribution in [0, 0.1) is 19.7 Å². The first kappa shape index (κ1) is 14.4. The molecule has 0 bridgehead atoms. The average molecular weight is 275 g/mol. The van der Waals surface area contributed by atoms with Gasteiger partial charge in [-0.1, -0.05) is 18.2 Å². The molecule has 0 saturated heterocycles. The molecule has 2 aromatic rings. The summed E-state index contributed by atoms with van der Waals surface area (Å²) in [6, 6.07) is 8.14. The lowest BCUT2D eigenvalue weighted by Crippen LogP contribution is -2.32. The van der Waals surface area contributed by atoms with Gasteiger partial charge < -0.3 is 5.32 Å². The molecular weight excluding hydrogens is 257 g/mol. The monoisotopic (exact) mass is 275 g/mol. The number of nitrogens with one attached hydrogen (secondary N) is 1. The van der Waals surface area contributed by atoms with Crippen LogP contribution >= 0.6 is 0 Å². The number of rotatable bonds is 4. The van der Waals surface area contributed by atoms with E-state index in [4.69, 9.17) is 0 Å². The minimum Gasteiger partial charge on any atom is -0.311 e. The highest BCUT2D eigenvalue weighted by Gasteiger charge is 2.16. The standard InChI is InChI=1S/C15H18FN3O/c1-10-8-11(2)19(15(20)18-10)9-14(17-3)12-6-4-5-7-13(12)16/h4-8,14,17H,9H2,1-3H3. The fourth-order valence-corrected chi connectivity index (χ4v) is 2.28. The molecule has 0 saturated carbocycles. The third kappa shape index (κ3) is 2.93. The Kier molecular flexibility index (Phi) is 4.29. The van der Waals surface area contributed by atoms with Gasteiger partial charge in [-0.2, -0.15) is 4.98 Å². The van der Waals surface area contributed by atoms with Crippen LogP contribution in [0.3, 0.4) is 0 Å². The highest BCUT2D eigenvalue weighted by atomic mass is 19.1. The van der Waals surface area contributed by atoms with E-state index in [0.717, 1.165) is 5.69 Å². The van der Waals surface area contributed by atoms with Crippen LogP contribution in [-0.2, 0) is 6.54 Å². The molecule has 1 N–H and O–H groups in total. The predicted octanol–water partition coefficient (Wildman–Crippen LogP) is 1.96. The minimum atomic E-state index is -0.306. The Labute approximate surface area is 117 Å². The molecule has 0 fully saturated rings. The van der Waals surface area contributed by atoms with Crippen molar-refractivity contribution in [2.75, 3.05) is 7.05 Å². The molecule has 2 rings (SSSR count). The van der Waals surface area contributed by atoms with Crippen molar-refractivity contribution in [1.29, 1.82) is 0 Å². The lowest BCUT2D eigenvalue weighted by Gasteiger charge is -2.20. The van der Waals surface area contributed by atoms with Crippen molar-refractivity contribution in [3.05, 3.63) is 63.6 Å². The van der Waals surface area contributed by atoms with Crippen molar-refractivity contribution in [2.24, 2.45) is 0 Å². The van der Waals surface area contributed by atoms with Crippen LogP contribution in [0.2, 0.25) is 0 Å². The van der Waals surface area contributed by atoms with Crippen LogP contribution in [-0.4, -0.2) is 16.6 Å². The Morgan fingerprint density at radius 2 is 2.05 bits per heavy atom. The van der Waals surface area contributed by atoms with Gasteiger partial charge in [0.15, 0.2) is 0 Å². The Morgan fingerprint density at radius 3 is 2.65 bits per heavy atom. The molecule has 1 aromatic carbocycles. The zero-order valence-corrected chi connectivity index (χ0v) is 11.9. The van der Waals surface area contributed by atoms with Crippen molar-refractivity contribution in [3.63, 3.8) is 0 Å². The van der Waals surface area contributed by atoms with Gasteiger partial charge >= 0.3 is 5.69 Å². The minimum absolute atomic E-state index is 0.280. The van der Waals surface area contributed by atoms with Gasteiger partial charge in [-0.15, -0.1) is 0 Å². The Bertz CT molecular complexity index is 666. The Balaban J connectivity index is 2.37. The van der Waals surface area contributed by atoms with E-state index < -0.39 is 0 Å². The van der Waals surface area contributed by atoms with Crippen molar-refractivity contribution < 1.29 is 4.39 Å². The summed E-state index contributed by atoms with van der Waals surface area (Å²) < 4.78 is 15.4. The van der Waals surface area contributed by atoms with Crippen LogP contribution in [0.1, 0.15) is 23.0 Å². The quantitative estimate of drug-likeness (QED) is 0.928. The number of nitrogens with zero attached hydrogens (tertiary/aromatic N) is 2. The maximum absolute atomic E-state index is 13.9. The summed E-state index contributed by atoms with van der Waals surface area (Å²) >= 11 is 0.